The third kappa shape index (κ3) is 4.21. The summed E-state index contributed by atoms with van der Waals surface area (Å²) in [5.41, 5.74) is 2.05. The summed E-state index contributed by atoms with van der Waals surface area (Å²) < 4.78 is 5.92. The molecule has 2 N–H and O–H groups in total. The van der Waals surface area contributed by atoms with Gasteiger partial charge in [0, 0.05) is 17.2 Å². The highest BCUT2D eigenvalue weighted by Gasteiger charge is 2.27. The van der Waals surface area contributed by atoms with Crippen LogP contribution in [0.1, 0.15) is 36.0 Å². The van der Waals surface area contributed by atoms with Crippen LogP contribution >= 0.6 is 0 Å². The van der Waals surface area contributed by atoms with Gasteiger partial charge in [0.25, 0.3) is 5.91 Å². The van der Waals surface area contributed by atoms with Gasteiger partial charge in [0.1, 0.15) is 0 Å². The molecule has 1 aromatic heterocycles. The summed E-state index contributed by atoms with van der Waals surface area (Å²) >= 11 is 0. The number of oxazole rings is 1. The van der Waals surface area contributed by atoms with Crippen LogP contribution in [0.25, 0.3) is 22.8 Å². The highest BCUT2D eigenvalue weighted by molar-refractivity contribution is 6.00. The van der Waals surface area contributed by atoms with E-state index in [0.29, 0.717) is 48.5 Å². The van der Waals surface area contributed by atoms with Crippen LogP contribution in [0.5, 0.6) is 0 Å². The maximum atomic E-state index is 12.9. The summed E-state index contributed by atoms with van der Waals surface area (Å²) in [7, 11) is 0. The fraction of sp³-hybridized carbons (Fsp3) is 0.261. The number of benzene rings is 2. The molecule has 1 aliphatic rings. The van der Waals surface area contributed by atoms with E-state index in [-0.39, 0.29) is 17.9 Å². The summed E-state index contributed by atoms with van der Waals surface area (Å²) in [6.07, 6.45) is 4.17. The molecule has 0 radical (unpaired) electrons. The second kappa shape index (κ2) is 8.31. The van der Waals surface area contributed by atoms with Crippen LogP contribution in [0.2, 0.25) is 0 Å². The van der Waals surface area contributed by atoms with Crippen LogP contribution in [0, 0.1) is 5.92 Å². The van der Waals surface area contributed by atoms with Gasteiger partial charge in [-0.15, -0.1) is 0 Å². The van der Waals surface area contributed by atoms with E-state index in [1.165, 1.54) is 0 Å². The van der Waals surface area contributed by atoms with Crippen LogP contribution in [0.3, 0.4) is 0 Å². The Labute approximate surface area is 168 Å². The van der Waals surface area contributed by atoms with Crippen LogP contribution in [-0.2, 0) is 4.79 Å². The van der Waals surface area contributed by atoms with Crippen molar-refractivity contribution in [2.75, 3.05) is 0 Å². The van der Waals surface area contributed by atoms with E-state index in [1.54, 1.807) is 18.3 Å². The number of carboxylic acids is 1. The van der Waals surface area contributed by atoms with E-state index < -0.39 is 5.97 Å². The summed E-state index contributed by atoms with van der Waals surface area (Å²) in [5.74, 6) is -0.219. The molecule has 1 aliphatic carbocycles. The number of aromatic nitrogens is 1. The lowest BCUT2D eigenvalue weighted by Gasteiger charge is -2.27. The number of amides is 1. The number of rotatable bonds is 5. The molecule has 0 bridgehead atoms. The van der Waals surface area contributed by atoms with Gasteiger partial charge in [0.05, 0.1) is 17.7 Å². The lowest BCUT2D eigenvalue weighted by atomic mass is 9.86. The molecule has 148 valence electrons. The van der Waals surface area contributed by atoms with Crippen molar-refractivity contribution in [2.45, 2.75) is 31.7 Å². The van der Waals surface area contributed by atoms with E-state index in [0.717, 1.165) is 5.56 Å². The number of carboxylic acid groups (broad SMARTS) is 1. The van der Waals surface area contributed by atoms with Gasteiger partial charge in [0.2, 0.25) is 5.89 Å². The molecule has 1 fully saturated rings. The number of carbonyl (C=O) groups excluding carboxylic acids is 1. The number of aliphatic carboxylic acids is 1. The van der Waals surface area contributed by atoms with Crippen LogP contribution in [0.15, 0.2) is 65.2 Å². The van der Waals surface area contributed by atoms with E-state index in [4.69, 9.17) is 9.52 Å². The number of carbonyl (C=O) groups is 2. The first kappa shape index (κ1) is 18.9. The fourth-order valence-corrected chi connectivity index (χ4v) is 3.75. The molecule has 3 aromatic rings. The standard InChI is InChI=1S/C23H22N2O4/c26-21(25-17-12-10-16(11-13-17)23(27)28)18-8-4-5-9-19(18)22-24-14-20(29-22)15-6-2-1-3-7-15/h1-9,14,16-17H,10-13H2,(H,25,26)(H,27,28). The molecule has 1 saturated carbocycles. The fourth-order valence-electron chi connectivity index (χ4n) is 3.75. The summed E-state index contributed by atoms with van der Waals surface area (Å²) in [6.45, 7) is 0. The molecule has 0 atom stereocenters. The minimum atomic E-state index is -0.752. The Bertz CT molecular complexity index is 1000. The zero-order valence-electron chi connectivity index (χ0n) is 15.9. The van der Waals surface area contributed by atoms with Gasteiger partial charge in [-0.05, 0) is 37.8 Å². The van der Waals surface area contributed by atoms with Crippen molar-refractivity contribution in [1.29, 1.82) is 0 Å². The van der Waals surface area contributed by atoms with E-state index in [2.05, 4.69) is 10.3 Å². The van der Waals surface area contributed by atoms with Crippen molar-refractivity contribution in [3.63, 3.8) is 0 Å². The molecule has 2 aromatic carbocycles. The number of hydrogen-bond donors (Lipinski definition) is 2. The van der Waals surface area contributed by atoms with Gasteiger partial charge in [-0.1, -0.05) is 42.5 Å². The predicted octanol–water partition coefficient (Wildman–Crippen LogP) is 4.38. The second-order valence-corrected chi connectivity index (χ2v) is 7.30. The number of nitrogens with zero attached hydrogens (tertiary/aromatic N) is 1. The molecule has 1 heterocycles. The smallest absolute Gasteiger partial charge is 0.306 e. The monoisotopic (exact) mass is 390 g/mol. The van der Waals surface area contributed by atoms with Crippen molar-refractivity contribution in [1.82, 2.24) is 10.3 Å². The first-order valence-corrected chi connectivity index (χ1v) is 9.76. The topological polar surface area (TPSA) is 92.4 Å². The molecule has 0 aliphatic heterocycles. The van der Waals surface area contributed by atoms with Gasteiger partial charge in [-0.3, -0.25) is 9.59 Å². The largest absolute Gasteiger partial charge is 0.481 e. The van der Waals surface area contributed by atoms with Crippen molar-refractivity contribution in [2.24, 2.45) is 5.92 Å². The lowest BCUT2D eigenvalue weighted by Crippen LogP contribution is -2.38. The quantitative estimate of drug-likeness (QED) is 0.674. The first-order valence-electron chi connectivity index (χ1n) is 9.76. The van der Waals surface area contributed by atoms with Crippen molar-refractivity contribution >= 4 is 11.9 Å². The molecule has 4 rings (SSSR count). The Morgan fingerprint density at radius 2 is 1.66 bits per heavy atom. The third-order valence-corrected chi connectivity index (χ3v) is 5.38. The highest BCUT2D eigenvalue weighted by atomic mass is 16.4. The molecule has 29 heavy (non-hydrogen) atoms. The Hall–Kier alpha value is -3.41. The minimum absolute atomic E-state index is 0.0180. The average Bonchev–Trinajstić information content (AvgIpc) is 3.25. The van der Waals surface area contributed by atoms with Crippen LogP contribution < -0.4 is 5.32 Å². The lowest BCUT2D eigenvalue weighted by molar-refractivity contribution is -0.142. The van der Waals surface area contributed by atoms with E-state index >= 15 is 0 Å². The SMILES string of the molecule is O=C(NC1CCC(C(=O)O)CC1)c1ccccc1-c1ncc(-c2ccccc2)o1. The van der Waals surface area contributed by atoms with Crippen molar-refractivity contribution in [3.8, 4) is 22.8 Å². The number of nitrogens with one attached hydrogen (secondary N) is 1. The molecule has 0 saturated heterocycles. The summed E-state index contributed by atoms with van der Waals surface area (Å²) in [4.78, 5) is 28.4. The van der Waals surface area contributed by atoms with E-state index in [9.17, 15) is 9.59 Å². The van der Waals surface area contributed by atoms with Gasteiger partial charge in [-0.25, -0.2) is 4.98 Å². The molecule has 0 spiro atoms. The Morgan fingerprint density at radius 1 is 0.966 bits per heavy atom. The zero-order chi connectivity index (χ0) is 20.2. The molecule has 1 amide bonds. The van der Waals surface area contributed by atoms with Crippen LogP contribution in [0.4, 0.5) is 0 Å². The van der Waals surface area contributed by atoms with Gasteiger partial charge >= 0.3 is 5.97 Å². The average molecular weight is 390 g/mol. The summed E-state index contributed by atoms with van der Waals surface area (Å²) in [6, 6.07) is 16.9. The molecular weight excluding hydrogens is 368 g/mol. The van der Waals surface area contributed by atoms with Gasteiger partial charge in [0.15, 0.2) is 5.76 Å². The van der Waals surface area contributed by atoms with Crippen molar-refractivity contribution < 1.29 is 19.1 Å². The van der Waals surface area contributed by atoms with Crippen LogP contribution in [-0.4, -0.2) is 28.0 Å². The second-order valence-electron chi connectivity index (χ2n) is 7.30. The first-order chi connectivity index (χ1) is 14.1. The van der Waals surface area contributed by atoms with Gasteiger partial charge < -0.3 is 14.8 Å². The highest BCUT2D eigenvalue weighted by Crippen LogP contribution is 2.29. The molecular formula is C23H22N2O4. The Morgan fingerprint density at radius 3 is 2.38 bits per heavy atom. The Kier molecular flexibility index (Phi) is 5.42. The predicted molar refractivity (Wildman–Crippen MR) is 108 cm³/mol. The van der Waals surface area contributed by atoms with E-state index in [1.807, 2.05) is 42.5 Å². The number of hydrogen-bond acceptors (Lipinski definition) is 4. The van der Waals surface area contributed by atoms with Gasteiger partial charge in [-0.2, -0.15) is 0 Å². The summed E-state index contributed by atoms with van der Waals surface area (Å²) in [5, 5.41) is 12.2. The normalized spacial score (nSPS) is 18.9. The zero-order valence-corrected chi connectivity index (χ0v) is 15.9. The molecule has 6 heteroatoms. The maximum Gasteiger partial charge on any atom is 0.306 e. The molecule has 6 nitrogen and oxygen atoms in total. The maximum absolute atomic E-state index is 12.9. The minimum Gasteiger partial charge on any atom is -0.481 e. The van der Waals surface area contributed by atoms with Crippen molar-refractivity contribution in [3.05, 3.63) is 66.4 Å². The Balaban J connectivity index is 1.51. The molecule has 0 unspecified atom stereocenters. The third-order valence-electron chi connectivity index (χ3n) is 5.38.